The number of carbonyl (C=O) groups excluding carboxylic acids is 2. The van der Waals surface area contributed by atoms with E-state index in [4.69, 9.17) is 18.9 Å². The van der Waals surface area contributed by atoms with E-state index in [9.17, 15) is 9.59 Å². The molecule has 0 fully saturated rings. The maximum atomic E-state index is 11.9. The van der Waals surface area contributed by atoms with Crippen LogP contribution >= 0.6 is 63.7 Å². The second-order valence-corrected chi connectivity index (χ2v) is 10.8. The lowest BCUT2D eigenvalue weighted by molar-refractivity contribution is -0.130. The van der Waals surface area contributed by atoms with Crippen LogP contribution in [0.4, 0.5) is 0 Å². The fraction of sp³-hybridized carbons (Fsp3) is 0.280. The predicted molar refractivity (Wildman–Crippen MR) is 150 cm³/mol. The van der Waals surface area contributed by atoms with E-state index in [1.807, 2.05) is 39.8 Å². The summed E-state index contributed by atoms with van der Waals surface area (Å²) in [4.78, 5) is 23.8. The van der Waals surface area contributed by atoms with E-state index in [0.29, 0.717) is 42.6 Å². The molecule has 0 aliphatic carbocycles. The number of hydrogen-bond acceptors (Lipinski definition) is 6. The van der Waals surface area contributed by atoms with Gasteiger partial charge in [-0.1, -0.05) is 27.0 Å². The van der Waals surface area contributed by atoms with Crippen molar-refractivity contribution < 1.29 is 28.5 Å². The molecule has 188 valence electrons. The summed E-state index contributed by atoms with van der Waals surface area (Å²) >= 11 is 14.1. The van der Waals surface area contributed by atoms with Crippen molar-refractivity contribution in [3.8, 4) is 23.0 Å². The Hall–Kier alpha value is -1.62. The molecule has 2 rings (SSSR count). The summed E-state index contributed by atoms with van der Waals surface area (Å²) < 4.78 is 24.9. The van der Waals surface area contributed by atoms with Crippen LogP contribution in [-0.2, 0) is 15.0 Å². The first-order valence-electron chi connectivity index (χ1n) is 10.4. The molecule has 0 radical (unpaired) electrons. The van der Waals surface area contributed by atoms with Crippen LogP contribution in [0.2, 0.25) is 0 Å². The van der Waals surface area contributed by atoms with Crippen LogP contribution in [0.25, 0.3) is 0 Å². The standard InChI is InChI=1S/C25H24Br4O6/c1-7-17(30)34-23-15(26)11-13(21(19(23)28)32-9-3)25(5,6)14-12-16(27)24(35-18(31)8-2)20(29)22(14)33-10-4/h7-8,11-12H,1-2,9-10H2,3-6H3. The average molecular weight is 740 g/mol. The summed E-state index contributed by atoms with van der Waals surface area (Å²) in [5.41, 5.74) is 0.867. The quantitative estimate of drug-likeness (QED) is 0.140. The molecule has 0 heterocycles. The average Bonchev–Trinajstić information content (AvgIpc) is 2.82. The monoisotopic (exact) mass is 736 g/mol. The highest BCUT2D eigenvalue weighted by molar-refractivity contribution is 9.11. The molecular formula is C25H24Br4O6. The molecule has 0 amide bonds. The van der Waals surface area contributed by atoms with E-state index in [1.165, 1.54) is 0 Å². The Morgan fingerprint density at radius 2 is 1.11 bits per heavy atom. The van der Waals surface area contributed by atoms with Gasteiger partial charge in [0.1, 0.15) is 20.4 Å². The third kappa shape index (κ3) is 6.39. The lowest BCUT2D eigenvalue weighted by atomic mass is 9.77. The summed E-state index contributed by atoms with van der Waals surface area (Å²) in [5, 5.41) is 0. The van der Waals surface area contributed by atoms with Crippen LogP contribution in [0.3, 0.4) is 0 Å². The van der Waals surface area contributed by atoms with Crippen molar-refractivity contribution in [3.05, 3.63) is 66.5 Å². The Bertz CT molecular complexity index is 1080. The zero-order valence-corrected chi connectivity index (χ0v) is 25.9. The van der Waals surface area contributed by atoms with E-state index in [1.54, 1.807) is 0 Å². The maximum absolute atomic E-state index is 11.9. The molecule has 0 atom stereocenters. The van der Waals surface area contributed by atoms with Crippen molar-refractivity contribution in [2.45, 2.75) is 33.1 Å². The van der Waals surface area contributed by atoms with Gasteiger partial charge in [0.25, 0.3) is 0 Å². The Labute approximate surface area is 238 Å². The lowest BCUT2D eigenvalue weighted by Crippen LogP contribution is -2.23. The van der Waals surface area contributed by atoms with Gasteiger partial charge in [0.15, 0.2) is 11.5 Å². The lowest BCUT2D eigenvalue weighted by Gasteiger charge is -2.32. The van der Waals surface area contributed by atoms with Crippen molar-refractivity contribution in [3.63, 3.8) is 0 Å². The van der Waals surface area contributed by atoms with Crippen LogP contribution in [0, 0.1) is 0 Å². The van der Waals surface area contributed by atoms with E-state index in [-0.39, 0.29) is 11.5 Å². The highest BCUT2D eigenvalue weighted by Crippen LogP contribution is 2.53. The van der Waals surface area contributed by atoms with E-state index < -0.39 is 17.4 Å². The molecule has 0 aromatic heterocycles. The minimum Gasteiger partial charge on any atom is -0.492 e. The van der Waals surface area contributed by atoms with Gasteiger partial charge < -0.3 is 18.9 Å². The van der Waals surface area contributed by atoms with Crippen molar-refractivity contribution in [1.29, 1.82) is 0 Å². The molecule has 0 aliphatic heterocycles. The van der Waals surface area contributed by atoms with Crippen molar-refractivity contribution in [1.82, 2.24) is 0 Å². The largest absolute Gasteiger partial charge is 0.492 e. The molecule has 0 bridgehead atoms. The van der Waals surface area contributed by atoms with Crippen molar-refractivity contribution in [2.75, 3.05) is 13.2 Å². The van der Waals surface area contributed by atoms with E-state index in [0.717, 1.165) is 23.3 Å². The number of hydrogen-bond donors (Lipinski definition) is 0. The van der Waals surface area contributed by atoms with Gasteiger partial charge >= 0.3 is 11.9 Å². The summed E-state index contributed by atoms with van der Waals surface area (Å²) in [6.07, 6.45) is 2.17. The van der Waals surface area contributed by atoms with Gasteiger partial charge in [-0.2, -0.15) is 0 Å². The summed E-state index contributed by atoms with van der Waals surface area (Å²) in [6.45, 7) is 15.4. The molecule has 35 heavy (non-hydrogen) atoms. The first-order chi connectivity index (χ1) is 16.4. The number of benzene rings is 2. The summed E-state index contributed by atoms with van der Waals surface area (Å²) in [6, 6.07) is 3.68. The molecule has 2 aromatic rings. The van der Waals surface area contributed by atoms with Crippen LogP contribution in [-0.4, -0.2) is 25.2 Å². The molecule has 0 N–H and O–H groups in total. The van der Waals surface area contributed by atoms with Crippen molar-refractivity contribution in [2.24, 2.45) is 0 Å². The van der Waals surface area contributed by atoms with Gasteiger partial charge in [-0.05, 0) is 89.7 Å². The number of esters is 2. The first-order valence-corrected chi connectivity index (χ1v) is 13.6. The second kappa shape index (κ2) is 12.6. The molecule has 0 saturated heterocycles. The topological polar surface area (TPSA) is 71.1 Å². The highest BCUT2D eigenvalue weighted by atomic mass is 79.9. The minimum atomic E-state index is -0.701. The third-order valence-corrected chi connectivity index (χ3v) is 7.54. The fourth-order valence-electron chi connectivity index (χ4n) is 3.28. The van der Waals surface area contributed by atoms with E-state index >= 15 is 0 Å². The minimum absolute atomic E-state index is 0.275. The third-order valence-electron chi connectivity index (χ3n) is 4.93. The first kappa shape index (κ1) is 29.6. The Morgan fingerprint density at radius 3 is 1.40 bits per heavy atom. The zero-order chi connectivity index (χ0) is 26.5. The second-order valence-electron chi connectivity index (χ2n) is 7.50. The summed E-state index contributed by atoms with van der Waals surface area (Å²) in [5.74, 6) is 0.358. The Balaban J connectivity index is 2.83. The number of rotatable bonds is 10. The molecule has 0 saturated carbocycles. The summed E-state index contributed by atoms with van der Waals surface area (Å²) in [7, 11) is 0. The molecular weight excluding hydrogens is 716 g/mol. The maximum Gasteiger partial charge on any atom is 0.335 e. The number of halogens is 4. The van der Waals surface area contributed by atoms with Gasteiger partial charge in [0, 0.05) is 28.7 Å². The van der Waals surface area contributed by atoms with Crippen LogP contribution in [0.5, 0.6) is 23.0 Å². The smallest absolute Gasteiger partial charge is 0.335 e. The molecule has 10 heteroatoms. The van der Waals surface area contributed by atoms with Crippen LogP contribution < -0.4 is 18.9 Å². The number of carbonyl (C=O) groups is 2. The van der Waals surface area contributed by atoms with Gasteiger partial charge in [-0.15, -0.1) is 0 Å². The molecule has 0 aliphatic rings. The van der Waals surface area contributed by atoms with Gasteiger partial charge in [-0.3, -0.25) is 0 Å². The van der Waals surface area contributed by atoms with Crippen LogP contribution in [0.1, 0.15) is 38.8 Å². The molecule has 2 aromatic carbocycles. The molecule has 6 nitrogen and oxygen atoms in total. The van der Waals surface area contributed by atoms with Gasteiger partial charge in [0.2, 0.25) is 0 Å². The zero-order valence-electron chi connectivity index (χ0n) is 19.6. The fourth-order valence-corrected chi connectivity index (χ4v) is 6.08. The van der Waals surface area contributed by atoms with Gasteiger partial charge in [-0.25, -0.2) is 9.59 Å². The Kier molecular flexibility index (Phi) is 10.6. The predicted octanol–water partition coefficient (Wildman–Crippen LogP) is 8.04. The molecule has 0 unspecified atom stereocenters. The van der Waals surface area contributed by atoms with Crippen LogP contribution in [0.15, 0.2) is 55.3 Å². The normalized spacial score (nSPS) is 11.0. The van der Waals surface area contributed by atoms with Gasteiger partial charge in [0.05, 0.1) is 22.2 Å². The van der Waals surface area contributed by atoms with E-state index in [2.05, 4.69) is 76.9 Å². The Morgan fingerprint density at radius 1 is 0.771 bits per heavy atom. The number of ether oxygens (including phenoxy) is 4. The SMILES string of the molecule is C=CC(=O)Oc1c(Br)cc(C(C)(C)c2cc(Br)c(OC(=O)C=C)c(Br)c2OCC)c(OCC)c1Br. The van der Waals surface area contributed by atoms with Crippen molar-refractivity contribution >= 4 is 75.7 Å². The highest BCUT2D eigenvalue weighted by Gasteiger charge is 2.35. The molecule has 0 spiro atoms.